The number of ether oxygens (including phenoxy) is 2. The van der Waals surface area contributed by atoms with E-state index in [4.69, 9.17) is 14.0 Å². The first-order valence-electron chi connectivity index (χ1n) is 9.78. The lowest BCUT2D eigenvalue weighted by Crippen LogP contribution is -2.26. The Bertz CT molecular complexity index is 1010. The average molecular weight is 431 g/mol. The lowest BCUT2D eigenvalue weighted by atomic mass is 10.2. The van der Waals surface area contributed by atoms with Crippen LogP contribution in [0.5, 0.6) is 11.5 Å². The van der Waals surface area contributed by atoms with Crippen molar-refractivity contribution in [3.8, 4) is 11.5 Å². The van der Waals surface area contributed by atoms with Crippen molar-refractivity contribution in [2.45, 2.75) is 38.2 Å². The van der Waals surface area contributed by atoms with E-state index in [2.05, 4.69) is 9.88 Å². The summed E-state index contributed by atoms with van der Waals surface area (Å²) in [6.07, 6.45) is 1.37. The molecule has 0 fully saturated rings. The minimum atomic E-state index is -3.61. The van der Waals surface area contributed by atoms with Gasteiger partial charge in [-0.15, -0.1) is 0 Å². The highest BCUT2D eigenvalue weighted by Gasteiger charge is 2.23. The van der Waals surface area contributed by atoms with Gasteiger partial charge in [-0.2, -0.15) is 0 Å². The third-order valence-electron chi connectivity index (χ3n) is 4.44. The zero-order chi connectivity index (χ0) is 21.4. The monoisotopic (exact) mass is 430 g/mol. The number of nitrogens with zero attached hydrogens (tertiary/aromatic N) is 1. The van der Waals surface area contributed by atoms with Crippen LogP contribution in [-0.2, 0) is 16.6 Å². The fourth-order valence-electron chi connectivity index (χ4n) is 2.93. The van der Waals surface area contributed by atoms with Crippen molar-refractivity contribution in [3.05, 3.63) is 71.6 Å². The van der Waals surface area contributed by atoms with Gasteiger partial charge >= 0.3 is 0 Å². The van der Waals surface area contributed by atoms with Gasteiger partial charge in [0.25, 0.3) is 0 Å². The van der Waals surface area contributed by atoms with Gasteiger partial charge in [-0.3, -0.25) is 0 Å². The van der Waals surface area contributed by atoms with Gasteiger partial charge in [0.05, 0.1) is 6.61 Å². The second-order valence-corrected chi connectivity index (χ2v) is 8.56. The van der Waals surface area contributed by atoms with Gasteiger partial charge in [-0.25, -0.2) is 13.1 Å². The van der Waals surface area contributed by atoms with Crippen molar-refractivity contribution < 1.29 is 22.4 Å². The molecule has 0 spiro atoms. The first-order chi connectivity index (χ1) is 14.5. The molecular weight excluding hydrogens is 404 g/mol. The SMILES string of the molecule is Cc1noc(C)c1S(=O)(=O)NCCCCOc1ccc(OCc2ccccc2)cc1. The highest BCUT2D eigenvalue weighted by molar-refractivity contribution is 7.89. The maximum atomic E-state index is 12.3. The molecule has 1 aromatic heterocycles. The van der Waals surface area contributed by atoms with Gasteiger partial charge in [-0.05, 0) is 56.5 Å². The van der Waals surface area contributed by atoms with E-state index in [0.717, 1.165) is 23.5 Å². The van der Waals surface area contributed by atoms with Crippen LogP contribution in [0.2, 0.25) is 0 Å². The van der Waals surface area contributed by atoms with Gasteiger partial charge in [0.1, 0.15) is 28.7 Å². The van der Waals surface area contributed by atoms with Crippen molar-refractivity contribution in [3.63, 3.8) is 0 Å². The maximum absolute atomic E-state index is 12.3. The van der Waals surface area contributed by atoms with E-state index in [9.17, 15) is 8.42 Å². The van der Waals surface area contributed by atoms with Crippen LogP contribution in [0, 0.1) is 13.8 Å². The summed E-state index contributed by atoms with van der Waals surface area (Å²) >= 11 is 0. The van der Waals surface area contributed by atoms with Crippen molar-refractivity contribution in [1.82, 2.24) is 9.88 Å². The molecule has 0 unspecified atom stereocenters. The predicted octanol–water partition coefficient (Wildman–Crippen LogP) is 4.01. The van der Waals surface area contributed by atoms with Crippen molar-refractivity contribution >= 4 is 10.0 Å². The van der Waals surface area contributed by atoms with E-state index in [0.29, 0.717) is 37.6 Å². The van der Waals surface area contributed by atoms with Crippen LogP contribution in [0.25, 0.3) is 0 Å². The summed E-state index contributed by atoms with van der Waals surface area (Å²) in [4.78, 5) is 0.119. The lowest BCUT2D eigenvalue weighted by Gasteiger charge is -2.09. The average Bonchev–Trinajstić information content (AvgIpc) is 3.09. The molecule has 3 aromatic rings. The van der Waals surface area contributed by atoms with E-state index in [-0.39, 0.29) is 4.90 Å². The number of aromatic nitrogens is 1. The van der Waals surface area contributed by atoms with Gasteiger partial charge in [0.15, 0.2) is 5.76 Å². The molecule has 0 aliphatic heterocycles. The number of hydrogen-bond donors (Lipinski definition) is 1. The summed E-state index contributed by atoms with van der Waals surface area (Å²) < 4.78 is 43.6. The van der Waals surface area contributed by atoms with Crippen LogP contribution >= 0.6 is 0 Å². The standard InChI is InChI=1S/C22H26N2O5S/c1-17-22(18(2)29-24-17)30(25,26)23-14-6-7-15-27-20-10-12-21(13-11-20)28-16-19-8-4-3-5-9-19/h3-5,8-13,23H,6-7,14-16H2,1-2H3. The molecule has 0 aliphatic rings. The number of rotatable bonds is 11. The summed E-state index contributed by atoms with van der Waals surface area (Å²) in [6.45, 7) is 4.53. The van der Waals surface area contributed by atoms with Crippen LogP contribution in [0.15, 0.2) is 64.0 Å². The molecule has 0 saturated heterocycles. The number of benzene rings is 2. The molecule has 0 saturated carbocycles. The summed E-state index contributed by atoms with van der Waals surface area (Å²) in [6, 6.07) is 17.4. The maximum Gasteiger partial charge on any atom is 0.245 e. The molecule has 0 amide bonds. The predicted molar refractivity (Wildman–Crippen MR) is 113 cm³/mol. The summed E-state index contributed by atoms with van der Waals surface area (Å²) in [5, 5.41) is 3.68. The quantitative estimate of drug-likeness (QED) is 0.462. The molecule has 0 atom stereocenters. The molecule has 0 aliphatic carbocycles. The minimum absolute atomic E-state index is 0.119. The van der Waals surface area contributed by atoms with Crippen molar-refractivity contribution in [2.24, 2.45) is 0 Å². The molecule has 160 valence electrons. The van der Waals surface area contributed by atoms with Crippen LogP contribution < -0.4 is 14.2 Å². The summed E-state index contributed by atoms with van der Waals surface area (Å²) in [5.41, 5.74) is 1.47. The number of hydrogen-bond acceptors (Lipinski definition) is 6. The molecule has 1 N–H and O–H groups in total. The Morgan fingerprint density at radius 3 is 2.23 bits per heavy atom. The Morgan fingerprint density at radius 2 is 1.60 bits per heavy atom. The second kappa shape index (κ2) is 10.3. The Balaban J connectivity index is 1.34. The fraction of sp³-hybridized carbons (Fsp3) is 0.318. The zero-order valence-corrected chi connectivity index (χ0v) is 17.9. The van der Waals surface area contributed by atoms with E-state index >= 15 is 0 Å². The summed E-state index contributed by atoms with van der Waals surface area (Å²) in [7, 11) is -3.61. The third-order valence-corrected chi connectivity index (χ3v) is 6.15. The van der Waals surface area contributed by atoms with E-state index in [1.54, 1.807) is 13.8 Å². The molecule has 0 bridgehead atoms. The topological polar surface area (TPSA) is 90.7 Å². The highest BCUT2D eigenvalue weighted by atomic mass is 32.2. The second-order valence-electron chi connectivity index (χ2n) is 6.85. The minimum Gasteiger partial charge on any atom is -0.494 e. The molecule has 1 heterocycles. The van der Waals surface area contributed by atoms with Crippen LogP contribution in [0.3, 0.4) is 0 Å². The summed E-state index contributed by atoms with van der Waals surface area (Å²) in [5.74, 6) is 1.82. The highest BCUT2D eigenvalue weighted by Crippen LogP contribution is 2.20. The van der Waals surface area contributed by atoms with E-state index in [1.807, 2.05) is 54.6 Å². The normalized spacial score (nSPS) is 11.4. The smallest absolute Gasteiger partial charge is 0.245 e. The number of aryl methyl sites for hydroxylation is 2. The Kier molecular flexibility index (Phi) is 7.48. The molecule has 8 heteroatoms. The van der Waals surface area contributed by atoms with Gasteiger partial charge in [-0.1, -0.05) is 35.5 Å². The van der Waals surface area contributed by atoms with Crippen LogP contribution in [-0.4, -0.2) is 26.7 Å². The molecule has 3 rings (SSSR count). The van der Waals surface area contributed by atoms with Crippen LogP contribution in [0.1, 0.15) is 29.9 Å². The van der Waals surface area contributed by atoms with Gasteiger partial charge in [0.2, 0.25) is 10.0 Å². The third kappa shape index (κ3) is 6.08. The zero-order valence-electron chi connectivity index (χ0n) is 17.1. The molecule has 2 aromatic carbocycles. The first kappa shape index (κ1) is 21.9. The Hall–Kier alpha value is -2.84. The van der Waals surface area contributed by atoms with Crippen molar-refractivity contribution in [1.29, 1.82) is 0 Å². The van der Waals surface area contributed by atoms with Gasteiger partial charge < -0.3 is 14.0 Å². The van der Waals surface area contributed by atoms with E-state index in [1.165, 1.54) is 0 Å². The molecule has 7 nitrogen and oxygen atoms in total. The van der Waals surface area contributed by atoms with Gasteiger partial charge in [0, 0.05) is 6.54 Å². The fourth-order valence-corrected chi connectivity index (χ4v) is 4.33. The van der Waals surface area contributed by atoms with Crippen LogP contribution in [0.4, 0.5) is 0 Å². The molecule has 30 heavy (non-hydrogen) atoms. The molecule has 0 radical (unpaired) electrons. The van der Waals surface area contributed by atoms with Crippen molar-refractivity contribution in [2.75, 3.05) is 13.2 Å². The number of nitrogens with one attached hydrogen (secondary N) is 1. The van der Waals surface area contributed by atoms with E-state index < -0.39 is 10.0 Å². The number of sulfonamides is 1. The lowest BCUT2D eigenvalue weighted by molar-refractivity contribution is 0.298. The number of unbranched alkanes of at least 4 members (excludes halogenated alkanes) is 1. The Morgan fingerprint density at radius 1 is 0.933 bits per heavy atom. The first-order valence-corrected chi connectivity index (χ1v) is 11.3. The largest absolute Gasteiger partial charge is 0.494 e. The molecular formula is C22H26N2O5S. The Labute approximate surface area is 177 Å².